The van der Waals surface area contributed by atoms with E-state index >= 15 is 0 Å². The molecule has 0 radical (unpaired) electrons. The molecular weight excluding hydrogens is 244 g/mol. The largest absolute Gasteiger partial charge is 0.376 e. The number of nitrogens with one attached hydrogen (secondary N) is 1. The number of hydrogen-bond acceptors (Lipinski definition) is 2. The lowest BCUT2D eigenvalue weighted by Crippen LogP contribution is -2.57. The Morgan fingerprint density at radius 3 is 2.33 bits per heavy atom. The predicted octanol–water partition coefficient (Wildman–Crippen LogP) is 2.41. The molecule has 3 nitrogen and oxygen atoms in total. The van der Waals surface area contributed by atoms with Gasteiger partial charge in [-0.15, -0.1) is 0 Å². The van der Waals surface area contributed by atoms with Crippen LogP contribution in [0, 0.1) is 0 Å². The van der Waals surface area contributed by atoms with Gasteiger partial charge in [0.25, 0.3) is 0 Å². The summed E-state index contributed by atoms with van der Waals surface area (Å²) in [5, 5.41) is 3.26. The van der Waals surface area contributed by atoms with Crippen LogP contribution in [0.4, 0.5) is 0 Å². The summed E-state index contributed by atoms with van der Waals surface area (Å²) in [6.45, 7) is 0. The highest BCUT2D eigenvalue weighted by molar-refractivity contribution is 7.80. The van der Waals surface area contributed by atoms with Crippen LogP contribution >= 0.6 is 12.2 Å². The molecule has 0 aromatic heterocycles. The third kappa shape index (κ3) is 2.70. The maximum atomic E-state index is 12.7. The van der Waals surface area contributed by atoms with E-state index in [1.54, 1.807) is 0 Å². The molecule has 0 spiro atoms. The third-order valence-electron chi connectivity index (χ3n) is 3.54. The zero-order valence-electron chi connectivity index (χ0n) is 10.3. The topological polar surface area (TPSA) is 55.1 Å². The van der Waals surface area contributed by atoms with Crippen molar-refractivity contribution in [1.29, 1.82) is 0 Å². The van der Waals surface area contributed by atoms with Gasteiger partial charge >= 0.3 is 0 Å². The predicted molar refractivity (Wildman–Crippen MR) is 76.5 cm³/mol. The first kappa shape index (κ1) is 13.0. The molecule has 0 heterocycles. The molecule has 0 unspecified atom stereocenters. The van der Waals surface area contributed by atoms with Crippen LogP contribution in [0.3, 0.4) is 0 Å². The van der Waals surface area contributed by atoms with Crippen LogP contribution in [0.2, 0.25) is 0 Å². The molecule has 1 aliphatic rings. The standard InChI is InChI=1S/C14H18N2OS/c15-13(18)16-14(9-5-2-6-10-14)12(17)11-7-3-1-4-8-11/h1,3-4,7-8H,2,5-6,9-10H2,(H3,15,16,18). The minimum Gasteiger partial charge on any atom is -0.376 e. The number of rotatable bonds is 3. The molecular formula is C14H18N2OS. The molecule has 0 atom stereocenters. The Labute approximate surface area is 113 Å². The summed E-state index contributed by atoms with van der Waals surface area (Å²) in [7, 11) is 0. The van der Waals surface area contributed by atoms with Gasteiger partial charge in [-0.05, 0) is 25.1 Å². The summed E-state index contributed by atoms with van der Waals surface area (Å²) in [6.07, 6.45) is 4.85. The number of nitrogens with two attached hydrogens (primary N) is 1. The zero-order valence-corrected chi connectivity index (χ0v) is 11.1. The number of ketones is 1. The number of thiocarbonyl (C=S) groups is 1. The fraction of sp³-hybridized carbons (Fsp3) is 0.429. The fourth-order valence-corrected chi connectivity index (χ4v) is 2.86. The lowest BCUT2D eigenvalue weighted by Gasteiger charge is -2.37. The molecule has 1 aromatic carbocycles. The first-order valence-corrected chi connectivity index (χ1v) is 6.72. The van der Waals surface area contributed by atoms with Crippen molar-refractivity contribution in [2.75, 3.05) is 0 Å². The van der Waals surface area contributed by atoms with Gasteiger partial charge in [-0.3, -0.25) is 4.79 Å². The van der Waals surface area contributed by atoms with Crippen LogP contribution in [0.15, 0.2) is 30.3 Å². The van der Waals surface area contributed by atoms with Crippen molar-refractivity contribution in [1.82, 2.24) is 5.32 Å². The summed E-state index contributed by atoms with van der Waals surface area (Å²) in [5.74, 6) is 0.107. The average molecular weight is 262 g/mol. The highest BCUT2D eigenvalue weighted by atomic mass is 32.1. The van der Waals surface area contributed by atoms with Gasteiger partial charge in [0.1, 0.15) is 5.54 Å². The van der Waals surface area contributed by atoms with Crippen LogP contribution in [0.1, 0.15) is 42.5 Å². The van der Waals surface area contributed by atoms with Gasteiger partial charge in [-0.25, -0.2) is 0 Å². The number of benzene rings is 1. The second kappa shape index (κ2) is 5.48. The van der Waals surface area contributed by atoms with E-state index in [1.807, 2.05) is 30.3 Å². The summed E-state index contributed by atoms with van der Waals surface area (Å²) in [5.41, 5.74) is 5.73. The van der Waals surface area contributed by atoms with Crippen molar-refractivity contribution in [3.63, 3.8) is 0 Å². The van der Waals surface area contributed by atoms with E-state index in [4.69, 9.17) is 18.0 Å². The lowest BCUT2D eigenvalue weighted by molar-refractivity contribution is 0.0823. The second-order valence-corrected chi connectivity index (χ2v) is 5.27. The summed E-state index contributed by atoms with van der Waals surface area (Å²) >= 11 is 4.93. The Hall–Kier alpha value is -1.42. The van der Waals surface area contributed by atoms with E-state index in [0.717, 1.165) is 31.2 Å². The van der Waals surface area contributed by atoms with Gasteiger partial charge in [0.05, 0.1) is 0 Å². The second-order valence-electron chi connectivity index (χ2n) is 4.83. The van der Waals surface area contributed by atoms with E-state index in [2.05, 4.69) is 5.32 Å². The van der Waals surface area contributed by atoms with Crippen LogP contribution in [0.25, 0.3) is 0 Å². The van der Waals surface area contributed by atoms with Crippen molar-refractivity contribution < 1.29 is 4.79 Å². The maximum absolute atomic E-state index is 12.7. The van der Waals surface area contributed by atoms with Crippen LogP contribution in [0.5, 0.6) is 0 Å². The van der Waals surface area contributed by atoms with Gasteiger partial charge in [-0.1, -0.05) is 49.6 Å². The van der Waals surface area contributed by atoms with E-state index in [-0.39, 0.29) is 10.9 Å². The van der Waals surface area contributed by atoms with Gasteiger partial charge in [-0.2, -0.15) is 0 Å². The zero-order chi connectivity index (χ0) is 13.0. The highest BCUT2D eigenvalue weighted by Crippen LogP contribution is 2.31. The van der Waals surface area contributed by atoms with Gasteiger partial charge in [0.2, 0.25) is 0 Å². The summed E-state index contributed by atoms with van der Waals surface area (Å²) in [4.78, 5) is 12.7. The molecule has 3 N–H and O–H groups in total. The monoisotopic (exact) mass is 262 g/mol. The first-order valence-electron chi connectivity index (χ1n) is 6.31. The number of carbonyl (C=O) groups is 1. The highest BCUT2D eigenvalue weighted by Gasteiger charge is 2.39. The Morgan fingerprint density at radius 1 is 1.17 bits per heavy atom. The molecule has 1 aromatic rings. The Kier molecular flexibility index (Phi) is 3.97. The van der Waals surface area contributed by atoms with Crippen LogP contribution in [-0.4, -0.2) is 16.4 Å². The molecule has 96 valence electrons. The van der Waals surface area contributed by atoms with Crippen molar-refractivity contribution in [2.45, 2.75) is 37.6 Å². The van der Waals surface area contributed by atoms with E-state index in [1.165, 1.54) is 6.42 Å². The number of carbonyl (C=O) groups excluding carboxylic acids is 1. The summed E-state index contributed by atoms with van der Waals surface area (Å²) < 4.78 is 0. The molecule has 0 bridgehead atoms. The molecule has 1 fully saturated rings. The molecule has 0 aliphatic heterocycles. The minimum atomic E-state index is -0.592. The SMILES string of the molecule is NC(=S)NC1(C(=O)c2ccccc2)CCCCC1. The molecule has 1 aliphatic carbocycles. The van der Waals surface area contributed by atoms with Gasteiger partial charge in [0.15, 0.2) is 10.9 Å². The third-order valence-corrected chi connectivity index (χ3v) is 3.64. The van der Waals surface area contributed by atoms with Crippen molar-refractivity contribution >= 4 is 23.1 Å². The van der Waals surface area contributed by atoms with Crippen LogP contribution < -0.4 is 11.1 Å². The quantitative estimate of drug-likeness (QED) is 0.649. The van der Waals surface area contributed by atoms with Crippen molar-refractivity contribution in [3.8, 4) is 0 Å². The molecule has 1 saturated carbocycles. The normalized spacial score (nSPS) is 18.0. The summed E-state index contributed by atoms with van der Waals surface area (Å²) in [6, 6.07) is 9.36. The minimum absolute atomic E-state index is 0.107. The van der Waals surface area contributed by atoms with Crippen LogP contribution in [-0.2, 0) is 0 Å². The lowest BCUT2D eigenvalue weighted by atomic mass is 9.76. The van der Waals surface area contributed by atoms with E-state index < -0.39 is 5.54 Å². The maximum Gasteiger partial charge on any atom is 0.188 e. The Bertz CT molecular complexity index is 438. The van der Waals surface area contributed by atoms with Crippen molar-refractivity contribution in [2.24, 2.45) is 5.73 Å². The molecule has 0 amide bonds. The van der Waals surface area contributed by atoms with E-state index in [9.17, 15) is 4.79 Å². The first-order chi connectivity index (χ1) is 8.64. The Morgan fingerprint density at radius 2 is 1.78 bits per heavy atom. The molecule has 4 heteroatoms. The van der Waals surface area contributed by atoms with Gasteiger partial charge < -0.3 is 11.1 Å². The Balaban J connectivity index is 2.28. The van der Waals surface area contributed by atoms with Crippen molar-refractivity contribution in [3.05, 3.63) is 35.9 Å². The fourth-order valence-electron chi connectivity index (χ4n) is 2.67. The molecule has 0 saturated heterocycles. The average Bonchev–Trinajstić information content (AvgIpc) is 2.39. The smallest absolute Gasteiger partial charge is 0.188 e. The van der Waals surface area contributed by atoms with E-state index in [0.29, 0.717) is 0 Å². The molecule has 18 heavy (non-hydrogen) atoms. The number of Topliss-reactive ketones (excluding diaryl/α,β-unsaturated/α-hetero) is 1. The molecule has 2 rings (SSSR count). The number of hydrogen-bond donors (Lipinski definition) is 2. The van der Waals surface area contributed by atoms with Gasteiger partial charge in [0, 0.05) is 5.56 Å².